The third-order valence-electron chi connectivity index (χ3n) is 3.57. The normalized spacial score (nSPS) is 14.3. The van der Waals surface area contributed by atoms with Crippen LogP contribution in [-0.2, 0) is 0 Å². The second kappa shape index (κ2) is 8.93. The van der Waals surface area contributed by atoms with Gasteiger partial charge in [-0.1, -0.05) is 47.5 Å². The summed E-state index contributed by atoms with van der Waals surface area (Å²) in [5, 5.41) is 0. The van der Waals surface area contributed by atoms with Gasteiger partial charge in [0.25, 0.3) is 0 Å². The van der Waals surface area contributed by atoms with Crippen molar-refractivity contribution in [3.8, 4) is 0 Å². The summed E-state index contributed by atoms with van der Waals surface area (Å²) in [6.45, 7) is 14.6. The average Bonchev–Trinajstić information content (AvgIpc) is 2.30. The first-order valence-electron chi connectivity index (χ1n) is 7.44. The van der Waals surface area contributed by atoms with E-state index in [1.54, 1.807) is 0 Å². The predicted octanol–water partition coefficient (Wildman–Crippen LogP) is 3.65. The van der Waals surface area contributed by atoms with Crippen molar-refractivity contribution in [1.29, 1.82) is 0 Å². The predicted molar refractivity (Wildman–Crippen MR) is 78.3 cm³/mol. The topological polar surface area (TPSA) is 29.3 Å². The van der Waals surface area contributed by atoms with Gasteiger partial charge in [-0.15, -0.1) is 0 Å². The maximum Gasteiger partial charge on any atom is 0.00928 e. The van der Waals surface area contributed by atoms with Crippen LogP contribution in [0.5, 0.6) is 0 Å². The highest BCUT2D eigenvalue weighted by Crippen LogP contribution is 2.20. The van der Waals surface area contributed by atoms with E-state index in [9.17, 15) is 0 Å². The number of nitrogens with zero attached hydrogens (tertiary/aromatic N) is 1. The van der Waals surface area contributed by atoms with E-state index < -0.39 is 0 Å². The van der Waals surface area contributed by atoms with E-state index >= 15 is 0 Å². The summed E-state index contributed by atoms with van der Waals surface area (Å²) in [6.07, 6.45) is 6.50. The molecule has 0 spiro atoms. The van der Waals surface area contributed by atoms with Crippen molar-refractivity contribution >= 4 is 0 Å². The van der Waals surface area contributed by atoms with Crippen LogP contribution in [0.2, 0.25) is 0 Å². The molecule has 1 atom stereocenters. The highest BCUT2D eigenvalue weighted by molar-refractivity contribution is 4.79. The van der Waals surface area contributed by atoms with Crippen LogP contribution in [0.3, 0.4) is 0 Å². The zero-order valence-electron chi connectivity index (χ0n) is 12.8. The average molecular weight is 242 g/mol. The molecule has 104 valence electrons. The van der Waals surface area contributed by atoms with Gasteiger partial charge in [0.15, 0.2) is 0 Å². The molecule has 0 saturated heterocycles. The van der Waals surface area contributed by atoms with E-state index in [1.807, 2.05) is 0 Å². The van der Waals surface area contributed by atoms with Gasteiger partial charge in [0.2, 0.25) is 0 Å². The molecule has 2 N–H and O–H groups in total. The second-order valence-electron chi connectivity index (χ2n) is 6.04. The molecular weight excluding hydrogens is 208 g/mol. The molecule has 0 aliphatic rings. The lowest BCUT2D eigenvalue weighted by atomic mass is 9.91. The standard InChI is InChI=1S/C15H34N2/c1-6-9-10-14(8-3)17(11-7-2)13-15(4,5)12-16/h14H,6-13,16H2,1-5H3. The lowest BCUT2D eigenvalue weighted by Gasteiger charge is -2.37. The molecule has 0 amide bonds. The molecule has 0 radical (unpaired) electrons. The fraction of sp³-hybridized carbons (Fsp3) is 1.00. The molecule has 0 heterocycles. The van der Waals surface area contributed by atoms with Crippen LogP contribution in [0, 0.1) is 5.41 Å². The summed E-state index contributed by atoms with van der Waals surface area (Å²) in [4.78, 5) is 2.67. The van der Waals surface area contributed by atoms with E-state index in [0.29, 0.717) is 0 Å². The van der Waals surface area contributed by atoms with E-state index in [0.717, 1.165) is 19.1 Å². The van der Waals surface area contributed by atoms with Crippen molar-refractivity contribution in [3.63, 3.8) is 0 Å². The fourth-order valence-corrected chi connectivity index (χ4v) is 2.38. The fourth-order valence-electron chi connectivity index (χ4n) is 2.38. The monoisotopic (exact) mass is 242 g/mol. The van der Waals surface area contributed by atoms with Crippen molar-refractivity contribution in [2.75, 3.05) is 19.6 Å². The molecule has 0 aromatic heterocycles. The Kier molecular flexibility index (Phi) is 8.89. The Morgan fingerprint density at radius 2 is 1.76 bits per heavy atom. The van der Waals surface area contributed by atoms with Gasteiger partial charge in [-0.25, -0.2) is 0 Å². The summed E-state index contributed by atoms with van der Waals surface area (Å²) < 4.78 is 0. The number of rotatable bonds is 10. The molecule has 17 heavy (non-hydrogen) atoms. The number of unbranched alkanes of at least 4 members (excludes halogenated alkanes) is 1. The number of nitrogens with two attached hydrogens (primary N) is 1. The van der Waals surface area contributed by atoms with Crippen LogP contribution >= 0.6 is 0 Å². The molecule has 0 saturated carbocycles. The molecule has 0 fully saturated rings. The Labute approximate surface area is 109 Å². The van der Waals surface area contributed by atoms with Gasteiger partial charge in [0, 0.05) is 12.6 Å². The molecular formula is C15H34N2. The zero-order chi connectivity index (χ0) is 13.3. The van der Waals surface area contributed by atoms with Crippen LogP contribution in [-0.4, -0.2) is 30.6 Å². The van der Waals surface area contributed by atoms with Gasteiger partial charge >= 0.3 is 0 Å². The smallest absolute Gasteiger partial charge is 0.00928 e. The van der Waals surface area contributed by atoms with Crippen molar-refractivity contribution in [2.45, 2.75) is 72.8 Å². The summed E-state index contributed by atoms with van der Waals surface area (Å²) in [5.41, 5.74) is 6.11. The highest BCUT2D eigenvalue weighted by Gasteiger charge is 2.24. The Morgan fingerprint density at radius 1 is 1.12 bits per heavy atom. The van der Waals surface area contributed by atoms with Crippen LogP contribution < -0.4 is 5.73 Å². The van der Waals surface area contributed by atoms with Crippen LogP contribution in [0.1, 0.15) is 66.7 Å². The minimum Gasteiger partial charge on any atom is -0.330 e. The Morgan fingerprint density at radius 3 is 2.18 bits per heavy atom. The Bertz CT molecular complexity index is 178. The van der Waals surface area contributed by atoms with Gasteiger partial charge in [0.1, 0.15) is 0 Å². The van der Waals surface area contributed by atoms with Crippen molar-refractivity contribution in [3.05, 3.63) is 0 Å². The Hall–Kier alpha value is -0.0800. The first-order chi connectivity index (χ1) is 8.00. The van der Waals surface area contributed by atoms with E-state index in [-0.39, 0.29) is 5.41 Å². The lowest BCUT2D eigenvalue weighted by Crippen LogP contribution is -2.44. The quantitative estimate of drug-likeness (QED) is 0.633. The molecule has 0 aromatic carbocycles. The maximum atomic E-state index is 5.87. The second-order valence-corrected chi connectivity index (χ2v) is 6.04. The van der Waals surface area contributed by atoms with Gasteiger partial charge in [-0.2, -0.15) is 0 Å². The molecule has 0 bridgehead atoms. The Balaban J connectivity index is 4.45. The van der Waals surface area contributed by atoms with Gasteiger partial charge in [0.05, 0.1) is 0 Å². The SMILES string of the molecule is CCCCC(CC)N(CCC)CC(C)(C)CN. The first-order valence-corrected chi connectivity index (χ1v) is 7.44. The summed E-state index contributed by atoms with van der Waals surface area (Å²) in [7, 11) is 0. The molecule has 0 rings (SSSR count). The van der Waals surface area contributed by atoms with Gasteiger partial charge in [-0.3, -0.25) is 4.90 Å². The molecule has 0 aliphatic heterocycles. The molecule has 0 aromatic rings. The molecule has 0 aliphatic carbocycles. The third-order valence-corrected chi connectivity index (χ3v) is 3.57. The number of hydrogen-bond donors (Lipinski definition) is 1. The maximum absolute atomic E-state index is 5.87. The zero-order valence-corrected chi connectivity index (χ0v) is 12.8. The van der Waals surface area contributed by atoms with Crippen molar-refractivity contribution < 1.29 is 0 Å². The van der Waals surface area contributed by atoms with Gasteiger partial charge < -0.3 is 5.73 Å². The van der Waals surface area contributed by atoms with Crippen LogP contribution in [0.15, 0.2) is 0 Å². The molecule has 2 nitrogen and oxygen atoms in total. The molecule has 1 unspecified atom stereocenters. The minimum absolute atomic E-state index is 0.245. The first kappa shape index (κ1) is 16.9. The van der Waals surface area contributed by atoms with E-state index in [1.165, 1.54) is 38.6 Å². The minimum atomic E-state index is 0.245. The molecule has 2 heteroatoms. The number of hydrogen-bond acceptors (Lipinski definition) is 2. The summed E-state index contributed by atoms with van der Waals surface area (Å²) >= 11 is 0. The van der Waals surface area contributed by atoms with E-state index in [4.69, 9.17) is 5.73 Å². The largest absolute Gasteiger partial charge is 0.330 e. The van der Waals surface area contributed by atoms with Gasteiger partial charge in [-0.05, 0) is 37.8 Å². The summed E-state index contributed by atoms with van der Waals surface area (Å²) in [6, 6.07) is 0.751. The highest BCUT2D eigenvalue weighted by atomic mass is 15.2. The summed E-state index contributed by atoms with van der Waals surface area (Å²) in [5.74, 6) is 0. The van der Waals surface area contributed by atoms with E-state index in [2.05, 4.69) is 39.5 Å². The van der Waals surface area contributed by atoms with Crippen molar-refractivity contribution in [2.24, 2.45) is 11.1 Å². The van der Waals surface area contributed by atoms with Crippen LogP contribution in [0.4, 0.5) is 0 Å². The van der Waals surface area contributed by atoms with Crippen LogP contribution in [0.25, 0.3) is 0 Å². The lowest BCUT2D eigenvalue weighted by molar-refractivity contribution is 0.121. The third kappa shape index (κ3) is 7.05. The van der Waals surface area contributed by atoms with Crippen molar-refractivity contribution in [1.82, 2.24) is 4.90 Å².